The third-order valence-corrected chi connectivity index (χ3v) is 9.48. The molecule has 0 unspecified atom stereocenters. The zero-order chi connectivity index (χ0) is 33.4. The first kappa shape index (κ1) is 37.4. The monoisotopic (exact) mass is 764 g/mol. The summed E-state index contributed by atoms with van der Waals surface area (Å²) in [5.41, 5.74) is 5.61. The van der Waals surface area contributed by atoms with E-state index >= 15 is 0 Å². The summed E-state index contributed by atoms with van der Waals surface area (Å²) in [5, 5.41) is 17.1. The Labute approximate surface area is 304 Å². The molecule has 6 aromatic rings. The molecule has 0 aromatic heterocycles. The van der Waals surface area contributed by atoms with Crippen LogP contribution in [0.5, 0.6) is 5.75 Å². The van der Waals surface area contributed by atoms with Gasteiger partial charge in [0.2, 0.25) is 0 Å². The van der Waals surface area contributed by atoms with Crippen molar-refractivity contribution in [3.8, 4) is 28.0 Å². The smallest absolute Gasteiger partial charge is 0.537 e. The van der Waals surface area contributed by atoms with Crippen molar-refractivity contribution in [1.29, 1.82) is 0 Å². The summed E-state index contributed by atoms with van der Waals surface area (Å²) in [6.07, 6.45) is 4.00. The van der Waals surface area contributed by atoms with Gasteiger partial charge in [0.1, 0.15) is 5.75 Å². The lowest BCUT2D eigenvalue weighted by molar-refractivity contribution is 0.183. The summed E-state index contributed by atoms with van der Waals surface area (Å²) < 4.78 is 6.97. The van der Waals surface area contributed by atoms with Gasteiger partial charge >= 0.3 is 7.69 Å². The number of benzene rings is 6. The SMILES string of the molecule is Brc1ccc2ccc(-c3ccccc3)cc2c1.C.CC1(C)CCCC(C)(C)N1.O[B]Oc1cc2ccc(-c3ccccc3)cc2cc1Br. The minimum absolute atomic E-state index is 0. The van der Waals surface area contributed by atoms with Crippen molar-refractivity contribution >= 4 is 61.1 Å². The number of nitrogens with one attached hydrogen (secondary N) is 1. The van der Waals surface area contributed by atoms with Gasteiger partial charge < -0.3 is 15.0 Å². The largest absolute Gasteiger partial charge is 0.569 e. The summed E-state index contributed by atoms with van der Waals surface area (Å²) in [6, 6.07) is 43.8. The van der Waals surface area contributed by atoms with E-state index in [-0.39, 0.29) is 7.43 Å². The highest BCUT2D eigenvalue weighted by Crippen LogP contribution is 2.33. The molecule has 0 saturated carbocycles. The molecule has 0 amide bonds. The third-order valence-electron chi connectivity index (χ3n) is 8.37. The van der Waals surface area contributed by atoms with Crippen LogP contribution in [0.3, 0.4) is 0 Å². The van der Waals surface area contributed by atoms with Crippen molar-refractivity contribution < 1.29 is 9.68 Å². The summed E-state index contributed by atoms with van der Waals surface area (Å²) in [7, 11) is 0.685. The second-order valence-corrected chi connectivity index (χ2v) is 15.0. The molecule has 1 saturated heterocycles. The standard InChI is InChI=1S/C16H11BBrO2.C16H11Br.C9H19N.CH4/c18-15-9-14-8-12(11-4-2-1-3-5-11)6-7-13(14)10-16(15)20-17-19;17-16-9-8-13-6-7-14(10-15(13)11-16)12-4-2-1-3-5-12;1-8(2)6-5-7-9(3,4)10-8;/h1-10,19H;1-11H;10H,5-7H2,1-4H3;1H4. The van der Waals surface area contributed by atoms with E-state index in [9.17, 15) is 0 Å². The van der Waals surface area contributed by atoms with E-state index in [1.807, 2.05) is 42.5 Å². The molecule has 3 nitrogen and oxygen atoms in total. The van der Waals surface area contributed by atoms with E-state index in [1.54, 1.807) is 0 Å². The van der Waals surface area contributed by atoms with Gasteiger partial charge in [-0.05, 0) is 143 Å². The van der Waals surface area contributed by atoms with Crippen molar-refractivity contribution in [3.63, 3.8) is 0 Å². The Bertz CT molecular complexity index is 1910. The maximum atomic E-state index is 8.74. The van der Waals surface area contributed by atoms with E-state index in [4.69, 9.17) is 9.68 Å². The molecule has 6 aromatic carbocycles. The molecule has 247 valence electrons. The second kappa shape index (κ2) is 16.8. The fraction of sp³-hybridized carbons (Fsp3) is 0.238. The summed E-state index contributed by atoms with van der Waals surface area (Å²) >= 11 is 6.96. The molecule has 6 heteroatoms. The maximum absolute atomic E-state index is 8.74. The van der Waals surface area contributed by atoms with Crippen LogP contribution < -0.4 is 9.97 Å². The topological polar surface area (TPSA) is 41.5 Å². The number of piperidine rings is 1. The van der Waals surface area contributed by atoms with Crippen LogP contribution in [0.1, 0.15) is 54.4 Å². The minimum Gasteiger partial charge on any atom is -0.537 e. The average molecular weight is 766 g/mol. The molecule has 1 aliphatic heterocycles. The van der Waals surface area contributed by atoms with Gasteiger partial charge in [-0.25, -0.2) is 0 Å². The van der Waals surface area contributed by atoms with Crippen LogP contribution in [-0.4, -0.2) is 23.8 Å². The number of fused-ring (bicyclic) bond motifs is 2. The van der Waals surface area contributed by atoms with E-state index in [0.717, 1.165) is 19.7 Å². The zero-order valence-electron chi connectivity index (χ0n) is 27.4. The van der Waals surface area contributed by atoms with Gasteiger partial charge in [0.15, 0.2) is 0 Å². The van der Waals surface area contributed by atoms with Gasteiger partial charge in [-0.1, -0.05) is 114 Å². The minimum atomic E-state index is 0. The van der Waals surface area contributed by atoms with E-state index in [2.05, 4.69) is 150 Å². The quantitative estimate of drug-likeness (QED) is 0.176. The Kier molecular flexibility index (Phi) is 13.1. The number of hydrogen-bond acceptors (Lipinski definition) is 3. The molecule has 0 spiro atoms. The van der Waals surface area contributed by atoms with Crippen molar-refractivity contribution in [2.75, 3.05) is 0 Å². The Morgan fingerprint density at radius 1 is 0.583 bits per heavy atom. The molecule has 7 rings (SSSR count). The van der Waals surface area contributed by atoms with E-state index < -0.39 is 0 Å². The van der Waals surface area contributed by atoms with Crippen molar-refractivity contribution in [3.05, 3.63) is 136 Å². The van der Waals surface area contributed by atoms with Crippen molar-refractivity contribution in [2.24, 2.45) is 0 Å². The molecule has 2 N–H and O–H groups in total. The van der Waals surface area contributed by atoms with Gasteiger partial charge in [-0.2, -0.15) is 0 Å². The first-order valence-corrected chi connectivity index (χ1v) is 17.6. The van der Waals surface area contributed by atoms with Crippen LogP contribution in [0, 0.1) is 0 Å². The summed E-state index contributed by atoms with van der Waals surface area (Å²) in [6.45, 7) is 9.14. The van der Waals surface area contributed by atoms with Gasteiger partial charge in [0.25, 0.3) is 0 Å². The molecular formula is C42H45BBr2NO2. The first-order chi connectivity index (χ1) is 22.5. The highest BCUT2D eigenvalue weighted by molar-refractivity contribution is 9.10. The van der Waals surface area contributed by atoms with Crippen molar-refractivity contribution in [1.82, 2.24) is 5.32 Å². The Morgan fingerprint density at radius 3 is 1.58 bits per heavy atom. The highest BCUT2D eigenvalue weighted by atomic mass is 79.9. The highest BCUT2D eigenvalue weighted by Gasteiger charge is 2.31. The molecule has 0 bridgehead atoms. The molecule has 48 heavy (non-hydrogen) atoms. The van der Waals surface area contributed by atoms with Crippen LogP contribution in [0.4, 0.5) is 0 Å². The van der Waals surface area contributed by atoms with Crippen LogP contribution in [-0.2, 0) is 0 Å². The van der Waals surface area contributed by atoms with Gasteiger partial charge in [-0.3, -0.25) is 0 Å². The van der Waals surface area contributed by atoms with Crippen LogP contribution >= 0.6 is 31.9 Å². The fourth-order valence-corrected chi connectivity index (χ4v) is 7.08. The molecule has 0 atom stereocenters. The van der Waals surface area contributed by atoms with Gasteiger partial charge in [0.05, 0.1) is 4.47 Å². The normalized spacial score (nSPS) is 14.4. The average Bonchev–Trinajstić information content (AvgIpc) is 3.05. The number of halogens is 2. The van der Waals surface area contributed by atoms with Crippen molar-refractivity contribution in [2.45, 2.75) is 65.5 Å². The second-order valence-electron chi connectivity index (χ2n) is 13.3. The molecule has 1 heterocycles. The lowest BCUT2D eigenvalue weighted by Crippen LogP contribution is -2.55. The predicted molar refractivity (Wildman–Crippen MR) is 215 cm³/mol. The van der Waals surface area contributed by atoms with Gasteiger partial charge in [0, 0.05) is 15.6 Å². The van der Waals surface area contributed by atoms with Crippen LogP contribution in [0.15, 0.2) is 136 Å². The maximum Gasteiger partial charge on any atom is 0.569 e. The van der Waals surface area contributed by atoms with E-state index in [0.29, 0.717) is 24.5 Å². The zero-order valence-corrected chi connectivity index (χ0v) is 30.6. The third kappa shape index (κ3) is 10.3. The Hall–Kier alpha value is -3.42. The fourth-order valence-electron chi connectivity index (χ4n) is 6.25. The Balaban J connectivity index is 0.000000170. The van der Waals surface area contributed by atoms with Gasteiger partial charge in [-0.15, -0.1) is 0 Å². The van der Waals surface area contributed by atoms with E-state index in [1.165, 1.54) is 52.3 Å². The van der Waals surface area contributed by atoms with Crippen LogP contribution in [0.25, 0.3) is 43.8 Å². The molecule has 0 aliphatic carbocycles. The molecule has 1 radical (unpaired) electrons. The van der Waals surface area contributed by atoms with Crippen LogP contribution in [0.2, 0.25) is 0 Å². The predicted octanol–water partition coefficient (Wildman–Crippen LogP) is 12.4. The lowest BCUT2D eigenvalue weighted by Gasteiger charge is -2.42. The molecular weight excluding hydrogens is 721 g/mol. The Morgan fingerprint density at radius 2 is 1.08 bits per heavy atom. The first-order valence-electron chi connectivity index (χ1n) is 16.0. The summed E-state index contributed by atoms with van der Waals surface area (Å²) in [5.74, 6) is 0.590. The lowest BCUT2D eigenvalue weighted by atomic mass is 9.83. The number of hydrogen-bond donors (Lipinski definition) is 2. The summed E-state index contributed by atoms with van der Waals surface area (Å²) in [4.78, 5) is 0. The number of rotatable bonds is 4. The molecule has 1 fully saturated rings. The molecule has 1 aliphatic rings.